The van der Waals surface area contributed by atoms with Crippen LogP contribution in [-0.2, 0) is 54.8 Å². The number of hydrogen-bond donors (Lipinski definition) is 6. The first-order valence-corrected chi connectivity index (χ1v) is 44.8. The van der Waals surface area contributed by atoms with Crippen molar-refractivity contribution in [1.29, 1.82) is 0 Å². The Morgan fingerprint density at radius 1 is 0.361 bits per heavy atom. The minimum Gasteiger partial charge on any atom is -0.481 e. The summed E-state index contributed by atoms with van der Waals surface area (Å²) >= 11 is 0. The Labute approximate surface area is 721 Å². The van der Waals surface area contributed by atoms with E-state index in [-0.39, 0.29) is 19.5 Å². The van der Waals surface area contributed by atoms with Gasteiger partial charge in [-0.05, 0) is 283 Å². The van der Waals surface area contributed by atoms with Gasteiger partial charge in [-0.25, -0.2) is 20.0 Å². The molecule has 6 N–H and O–H groups in total. The number of nitrogens with zero attached hydrogens (tertiary/aromatic N) is 4. The molecule has 10 heterocycles. The summed E-state index contributed by atoms with van der Waals surface area (Å²) in [6, 6.07) is 41.3. The van der Waals surface area contributed by atoms with Crippen LogP contribution in [-0.4, -0.2) is 67.1 Å². The quantitative estimate of drug-likeness (QED) is 0.0244. The zero-order valence-corrected chi connectivity index (χ0v) is 77.2. The number of unbranched alkanes of at least 4 members (excludes halogenated alkanes) is 8. The second kappa shape index (κ2) is 39.1. The van der Waals surface area contributed by atoms with Crippen molar-refractivity contribution in [2.75, 3.05) is 0 Å². The molecule has 0 fully saturated rings. The van der Waals surface area contributed by atoms with Crippen LogP contribution in [0.3, 0.4) is 0 Å². The predicted molar refractivity (Wildman–Crippen MR) is 494 cm³/mol. The summed E-state index contributed by atoms with van der Waals surface area (Å²) in [5.41, 5.74) is 31.9. The SMILES string of the molecule is CCCCC1=C(CCCC)/C2=C(\c3ccccc3)C3=C(C)C(C)(C(=O)O)C(/C=C4N=C(C(C)=C\4C)/C(c4ccccc4)=c4\[nH]/c(c(CCCC)c4CCCC)=C\C1=N2)N3.CCCCC1=C(CCCC)/C2=C(\c3ccccc3)C3=C(C)C(C)(C(=O)O)C(/C=C4N=C(C(C)=C\4C)/C(c4ccccc4)=c4\[nH]/c(c(CCCC)c4CCCC)=C\C1=N2)N3.[Zn]. The van der Waals surface area contributed by atoms with Gasteiger partial charge in [-0.2, -0.15) is 0 Å². The number of carbonyl (C=O) groups is 2. The molecule has 618 valence electrons. The smallest absolute Gasteiger partial charge is 0.316 e. The fraction of sp³-hybridized carbons (Fsp3) is 0.415. The van der Waals surface area contributed by atoms with Crippen molar-refractivity contribution >= 4 is 69.2 Å². The Morgan fingerprint density at radius 2 is 0.639 bits per heavy atom. The van der Waals surface area contributed by atoms with E-state index >= 15 is 0 Å². The van der Waals surface area contributed by atoms with Crippen LogP contribution < -0.4 is 32.0 Å². The number of carboxylic acids is 2. The standard InChI is InChI=1S/2C53H64N4O2.Zn/c2*1-9-13-27-38-40(29-15-11-3)50-46(36-23-19-17-20-24-36)48-34(6)33(5)42(54-48)32-45-53(8,52(58)59)35(7)49(57-45)47(37-25-21-18-22-26-37)51-41(30-16-12-4)39(28-14-10-2)44(56-51)31-43(38)55-50;/h2*17-26,31-32,45,55,57H,9-16,27-30H2,1-8H3,(H,58,59);/b2*42-32-,43-31-,50-46-,51-47-;. The molecule has 0 saturated heterocycles. The van der Waals surface area contributed by atoms with Crippen molar-refractivity contribution in [3.8, 4) is 0 Å². The number of benzene rings is 4. The fourth-order valence-electron chi connectivity index (χ4n) is 18.7. The van der Waals surface area contributed by atoms with Crippen LogP contribution in [0.1, 0.15) is 284 Å². The topological polar surface area (TPSA) is 180 Å². The van der Waals surface area contributed by atoms with Gasteiger partial charge in [0.15, 0.2) is 0 Å². The molecule has 8 aliphatic rings. The van der Waals surface area contributed by atoms with Gasteiger partial charge in [0.2, 0.25) is 0 Å². The Balaban J connectivity index is 0.000000217. The molecule has 0 radical (unpaired) electrons. The molecular weight excluding hydrogens is 1510 g/mol. The summed E-state index contributed by atoms with van der Waals surface area (Å²) in [5, 5.41) is 34.6. The number of rotatable bonds is 30. The minimum absolute atomic E-state index is 0. The van der Waals surface area contributed by atoms with Crippen molar-refractivity contribution in [1.82, 2.24) is 20.6 Å². The summed E-state index contributed by atoms with van der Waals surface area (Å²) in [6.45, 7) is 34.5. The van der Waals surface area contributed by atoms with E-state index in [1.807, 2.05) is 39.8 Å². The normalized spacial score (nSPS) is 23.7. The fourth-order valence-corrected chi connectivity index (χ4v) is 18.7. The molecule has 4 unspecified atom stereocenters. The van der Waals surface area contributed by atoms with Gasteiger partial charge in [0.1, 0.15) is 10.8 Å². The number of aromatic nitrogens is 2. The zero-order valence-electron chi connectivity index (χ0n) is 74.2. The molecule has 0 saturated carbocycles. The van der Waals surface area contributed by atoms with E-state index in [0.29, 0.717) is 0 Å². The molecule has 4 aromatic carbocycles. The van der Waals surface area contributed by atoms with Crippen LogP contribution in [0.15, 0.2) is 243 Å². The van der Waals surface area contributed by atoms with Crippen molar-refractivity contribution in [2.24, 2.45) is 30.8 Å². The molecule has 0 spiro atoms. The molecule has 0 aliphatic carbocycles. The Hall–Kier alpha value is -9.84. The zero-order chi connectivity index (χ0) is 83.7. The summed E-state index contributed by atoms with van der Waals surface area (Å²) in [7, 11) is 0. The number of H-pyrrole nitrogens is 2. The summed E-state index contributed by atoms with van der Waals surface area (Å²) in [4.78, 5) is 58.0. The van der Waals surface area contributed by atoms with Crippen LogP contribution in [0.5, 0.6) is 0 Å². The number of aromatic amines is 2. The molecule has 12 nitrogen and oxygen atoms in total. The Bertz CT molecular complexity index is 5290. The van der Waals surface area contributed by atoms with Crippen LogP contribution in [0.2, 0.25) is 0 Å². The van der Waals surface area contributed by atoms with Crippen LogP contribution in [0.4, 0.5) is 0 Å². The van der Waals surface area contributed by atoms with Gasteiger partial charge in [-0.15, -0.1) is 0 Å². The second-order valence-electron chi connectivity index (χ2n) is 34.2. The van der Waals surface area contributed by atoms with E-state index in [1.54, 1.807) is 0 Å². The van der Waals surface area contributed by atoms with Crippen LogP contribution in [0.25, 0.3) is 34.4 Å². The molecular formula is C106H128N8O4Zn. The average molecular weight is 1640 g/mol. The first kappa shape index (κ1) is 88.4. The predicted octanol–water partition coefficient (Wildman–Crippen LogP) is 22.5. The first-order valence-electron chi connectivity index (χ1n) is 44.8. The number of aliphatic carboxylic acids is 2. The van der Waals surface area contributed by atoms with E-state index < -0.39 is 34.9 Å². The van der Waals surface area contributed by atoms with Gasteiger partial charge in [0.05, 0.1) is 68.4 Å². The van der Waals surface area contributed by atoms with E-state index in [2.05, 4.69) is 237 Å². The average Bonchev–Trinajstić information content (AvgIpc) is 1.58. The largest absolute Gasteiger partial charge is 0.481 e. The number of allylic oxidation sites excluding steroid dienone is 10. The number of fused-ring (bicyclic) bond motifs is 12. The monoisotopic (exact) mass is 1640 g/mol. The van der Waals surface area contributed by atoms with E-state index in [4.69, 9.17) is 20.0 Å². The molecule has 8 aliphatic heterocycles. The second-order valence-corrected chi connectivity index (χ2v) is 34.2. The number of hydrogen-bond acceptors (Lipinski definition) is 8. The van der Waals surface area contributed by atoms with Gasteiger partial charge < -0.3 is 30.8 Å². The molecule has 4 atom stereocenters. The van der Waals surface area contributed by atoms with Crippen molar-refractivity contribution in [2.45, 2.75) is 277 Å². The number of nitrogens with one attached hydrogen (secondary N) is 4. The maximum absolute atomic E-state index is 13.7. The number of aliphatic imine (C=N–C) groups is 4. The third-order valence-electron chi connectivity index (χ3n) is 26.6. The van der Waals surface area contributed by atoms with Crippen LogP contribution >= 0.6 is 0 Å². The molecule has 2 aromatic heterocycles. The van der Waals surface area contributed by atoms with Crippen molar-refractivity contribution < 1.29 is 39.3 Å². The van der Waals surface area contributed by atoms with Crippen molar-refractivity contribution in [3.63, 3.8) is 0 Å². The van der Waals surface area contributed by atoms with Gasteiger partial charge in [-0.1, -0.05) is 228 Å². The summed E-state index contributed by atoms with van der Waals surface area (Å²) < 4.78 is 0. The molecule has 119 heavy (non-hydrogen) atoms. The minimum atomic E-state index is -1.24. The van der Waals surface area contributed by atoms with E-state index in [0.717, 1.165) is 311 Å². The molecule has 0 amide bonds. The summed E-state index contributed by atoms with van der Waals surface area (Å²) in [6.07, 6.45) is 33.8. The van der Waals surface area contributed by atoms with Crippen molar-refractivity contribution in [3.05, 3.63) is 289 Å². The van der Waals surface area contributed by atoms with Gasteiger partial charge in [-0.3, -0.25) is 9.59 Å². The molecule has 14 rings (SSSR count). The molecule has 16 bridgehead atoms. The van der Waals surface area contributed by atoms with Gasteiger partial charge in [0, 0.05) is 63.9 Å². The van der Waals surface area contributed by atoms with E-state index in [1.165, 1.54) is 44.5 Å². The van der Waals surface area contributed by atoms with Crippen LogP contribution in [0, 0.1) is 10.8 Å². The Kier molecular flexibility index (Phi) is 29.1. The third-order valence-corrected chi connectivity index (χ3v) is 26.6. The maximum Gasteiger partial charge on any atom is 0.316 e. The van der Waals surface area contributed by atoms with E-state index in [9.17, 15) is 19.8 Å². The number of carboxylic acid groups (broad SMARTS) is 2. The maximum atomic E-state index is 13.7. The Morgan fingerprint density at radius 3 is 0.933 bits per heavy atom. The molecule has 13 heteroatoms. The van der Waals surface area contributed by atoms with Gasteiger partial charge in [0.25, 0.3) is 0 Å². The first-order chi connectivity index (χ1) is 57.2. The molecule has 6 aromatic rings. The third kappa shape index (κ3) is 17.2. The summed E-state index contributed by atoms with van der Waals surface area (Å²) in [5.74, 6) is -1.72. The van der Waals surface area contributed by atoms with Gasteiger partial charge >= 0.3 is 11.9 Å².